The Labute approximate surface area is 200 Å². The first-order valence-corrected chi connectivity index (χ1v) is 10.9. The van der Waals surface area contributed by atoms with Gasteiger partial charge in [0.05, 0.1) is 11.9 Å². The smallest absolute Gasteiger partial charge is 0.277 e. The van der Waals surface area contributed by atoms with E-state index in [1.54, 1.807) is 16.8 Å². The molecule has 176 valence electrons. The lowest BCUT2D eigenvalue weighted by molar-refractivity contribution is -0.123. The second-order valence-electron chi connectivity index (χ2n) is 7.58. The number of nitrogens with zero attached hydrogens (tertiary/aromatic N) is 3. The number of rotatable bonds is 7. The molecule has 4 aromatic rings. The number of benzene rings is 3. The summed E-state index contributed by atoms with van der Waals surface area (Å²) in [6.07, 6.45) is 3.31. The molecule has 9 heteroatoms. The van der Waals surface area contributed by atoms with Gasteiger partial charge in [0.25, 0.3) is 5.91 Å². The van der Waals surface area contributed by atoms with Crippen LogP contribution in [0.2, 0.25) is 0 Å². The minimum Gasteiger partial charge on any atom is -0.486 e. The Morgan fingerprint density at radius 2 is 1.83 bits per heavy atom. The van der Waals surface area contributed by atoms with Crippen LogP contribution < -0.4 is 19.6 Å². The molecule has 2 heterocycles. The molecule has 0 radical (unpaired) electrons. The van der Waals surface area contributed by atoms with Crippen molar-refractivity contribution in [3.63, 3.8) is 0 Å². The number of aromatic nitrogens is 2. The standard InChI is InChI=1S/C26H21FN4O4/c27-21-8-4-5-9-22(21)35-17-25(32)29-28-15-19-16-31(20-6-2-1-3-7-20)30-26(19)18-10-11-23-24(14-18)34-13-12-33-23/h1-11,14-16H,12-13,17H2,(H,29,32). The van der Waals surface area contributed by atoms with Gasteiger partial charge in [-0.15, -0.1) is 0 Å². The van der Waals surface area contributed by atoms with Gasteiger partial charge >= 0.3 is 0 Å². The number of hydrogen-bond acceptors (Lipinski definition) is 6. The van der Waals surface area contributed by atoms with Gasteiger partial charge in [0.1, 0.15) is 18.9 Å². The van der Waals surface area contributed by atoms with Crippen LogP contribution in [0.15, 0.2) is 84.1 Å². The lowest BCUT2D eigenvalue weighted by atomic mass is 10.1. The van der Waals surface area contributed by atoms with E-state index in [2.05, 4.69) is 10.5 Å². The Bertz CT molecular complexity index is 1370. The van der Waals surface area contributed by atoms with Crippen molar-refractivity contribution < 1.29 is 23.4 Å². The Morgan fingerprint density at radius 1 is 1.06 bits per heavy atom. The van der Waals surface area contributed by atoms with Crippen molar-refractivity contribution >= 4 is 12.1 Å². The predicted molar refractivity (Wildman–Crippen MR) is 128 cm³/mol. The van der Waals surface area contributed by atoms with Gasteiger partial charge in [0.2, 0.25) is 0 Å². The molecule has 1 N–H and O–H groups in total. The number of nitrogens with one attached hydrogen (secondary N) is 1. The Morgan fingerprint density at radius 3 is 2.66 bits per heavy atom. The monoisotopic (exact) mass is 472 g/mol. The highest BCUT2D eigenvalue weighted by Gasteiger charge is 2.17. The van der Waals surface area contributed by atoms with Gasteiger partial charge in [-0.3, -0.25) is 4.79 Å². The normalized spacial score (nSPS) is 12.5. The van der Waals surface area contributed by atoms with E-state index in [1.165, 1.54) is 18.3 Å². The average molecular weight is 472 g/mol. The molecule has 0 fully saturated rings. The third-order valence-electron chi connectivity index (χ3n) is 5.17. The second-order valence-corrected chi connectivity index (χ2v) is 7.58. The largest absolute Gasteiger partial charge is 0.486 e. The molecule has 0 spiro atoms. The molecule has 3 aromatic carbocycles. The number of hydrazone groups is 1. The first kappa shape index (κ1) is 22.1. The van der Waals surface area contributed by atoms with E-state index in [4.69, 9.17) is 19.3 Å². The van der Waals surface area contributed by atoms with E-state index >= 15 is 0 Å². The third kappa shape index (κ3) is 5.14. The first-order valence-electron chi connectivity index (χ1n) is 10.9. The highest BCUT2D eigenvalue weighted by Crippen LogP contribution is 2.35. The molecule has 0 aliphatic carbocycles. The van der Waals surface area contributed by atoms with E-state index < -0.39 is 11.7 Å². The summed E-state index contributed by atoms with van der Waals surface area (Å²) in [5.41, 5.74) is 5.39. The number of ether oxygens (including phenoxy) is 3. The Kier molecular flexibility index (Phi) is 6.38. The van der Waals surface area contributed by atoms with Gasteiger partial charge in [-0.25, -0.2) is 14.5 Å². The van der Waals surface area contributed by atoms with Crippen molar-refractivity contribution in [2.24, 2.45) is 5.10 Å². The maximum atomic E-state index is 13.7. The van der Waals surface area contributed by atoms with Gasteiger partial charge in [0.15, 0.2) is 29.7 Å². The number of halogens is 1. The van der Waals surface area contributed by atoms with Gasteiger partial charge < -0.3 is 14.2 Å². The van der Waals surface area contributed by atoms with Crippen LogP contribution in [0.5, 0.6) is 17.2 Å². The highest BCUT2D eigenvalue weighted by atomic mass is 19.1. The summed E-state index contributed by atoms with van der Waals surface area (Å²) < 4.78 is 31.9. The molecule has 0 atom stereocenters. The van der Waals surface area contributed by atoms with Crippen LogP contribution in [-0.4, -0.2) is 41.7 Å². The lowest BCUT2D eigenvalue weighted by Gasteiger charge is -2.18. The number of amides is 1. The fourth-order valence-corrected chi connectivity index (χ4v) is 3.52. The molecule has 0 bridgehead atoms. The zero-order valence-electron chi connectivity index (χ0n) is 18.6. The van der Waals surface area contributed by atoms with Gasteiger partial charge in [0, 0.05) is 17.3 Å². The van der Waals surface area contributed by atoms with Crippen LogP contribution in [0, 0.1) is 5.82 Å². The van der Waals surface area contributed by atoms with Crippen molar-refractivity contribution in [1.82, 2.24) is 15.2 Å². The molecule has 8 nitrogen and oxygen atoms in total. The maximum Gasteiger partial charge on any atom is 0.277 e. The quantitative estimate of drug-likeness (QED) is 0.325. The molecular weight excluding hydrogens is 451 g/mol. The van der Waals surface area contributed by atoms with Crippen LogP contribution >= 0.6 is 0 Å². The zero-order chi connectivity index (χ0) is 24.0. The van der Waals surface area contributed by atoms with Crippen LogP contribution in [0.4, 0.5) is 4.39 Å². The summed E-state index contributed by atoms with van der Waals surface area (Å²) >= 11 is 0. The lowest BCUT2D eigenvalue weighted by Crippen LogP contribution is -2.24. The molecule has 1 aromatic heterocycles. The summed E-state index contributed by atoms with van der Waals surface area (Å²) in [4.78, 5) is 12.1. The summed E-state index contributed by atoms with van der Waals surface area (Å²) in [5.74, 6) is 0.253. The molecule has 1 aliphatic rings. The Balaban J connectivity index is 1.36. The molecule has 1 aliphatic heterocycles. The summed E-state index contributed by atoms with van der Waals surface area (Å²) in [6.45, 7) is 0.605. The van der Waals surface area contributed by atoms with E-state index in [0.29, 0.717) is 36.0 Å². The topological polar surface area (TPSA) is 87.0 Å². The zero-order valence-corrected chi connectivity index (χ0v) is 18.6. The van der Waals surface area contributed by atoms with Crippen molar-refractivity contribution in [3.8, 4) is 34.2 Å². The van der Waals surface area contributed by atoms with Crippen LogP contribution in [0.3, 0.4) is 0 Å². The first-order chi connectivity index (χ1) is 17.2. The minimum absolute atomic E-state index is 0.00309. The van der Waals surface area contributed by atoms with E-state index in [9.17, 15) is 9.18 Å². The second kappa shape index (κ2) is 10.1. The molecular formula is C26H21FN4O4. The van der Waals surface area contributed by atoms with Gasteiger partial charge in [-0.2, -0.15) is 10.2 Å². The van der Waals surface area contributed by atoms with E-state index in [0.717, 1.165) is 11.3 Å². The fraction of sp³-hybridized carbons (Fsp3) is 0.115. The SMILES string of the molecule is O=C(COc1ccccc1F)NN=Cc1cn(-c2ccccc2)nc1-c1ccc2c(c1)OCCO2. The summed E-state index contributed by atoms with van der Waals surface area (Å²) in [5, 5.41) is 8.78. The van der Waals surface area contributed by atoms with Gasteiger partial charge in [-0.1, -0.05) is 30.3 Å². The average Bonchev–Trinajstić information content (AvgIpc) is 3.32. The molecule has 0 saturated heterocycles. The van der Waals surface area contributed by atoms with Crippen LogP contribution in [0.1, 0.15) is 5.56 Å². The summed E-state index contributed by atoms with van der Waals surface area (Å²) in [6, 6.07) is 21.1. The maximum absolute atomic E-state index is 13.7. The number of fused-ring (bicyclic) bond motifs is 1. The van der Waals surface area contributed by atoms with Crippen molar-refractivity contribution in [2.75, 3.05) is 19.8 Å². The molecule has 5 rings (SSSR count). The van der Waals surface area contributed by atoms with Crippen LogP contribution in [0.25, 0.3) is 16.9 Å². The van der Waals surface area contributed by atoms with Crippen LogP contribution in [-0.2, 0) is 4.79 Å². The van der Waals surface area contributed by atoms with Crippen molar-refractivity contribution in [3.05, 3.63) is 90.4 Å². The van der Waals surface area contributed by atoms with Gasteiger partial charge in [-0.05, 0) is 42.5 Å². The molecule has 0 unspecified atom stereocenters. The molecule has 35 heavy (non-hydrogen) atoms. The molecule has 0 saturated carbocycles. The van der Waals surface area contributed by atoms with E-state index in [1.807, 2.05) is 54.7 Å². The van der Waals surface area contributed by atoms with E-state index in [-0.39, 0.29) is 12.4 Å². The fourth-order valence-electron chi connectivity index (χ4n) is 3.52. The van der Waals surface area contributed by atoms with Crippen molar-refractivity contribution in [2.45, 2.75) is 0 Å². The predicted octanol–water partition coefficient (Wildman–Crippen LogP) is 3.98. The number of carbonyl (C=O) groups excluding carboxylic acids is 1. The Hall–Kier alpha value is -4.66. The number of para-hydroxylation sites is 2. The molecule has 1 amide bonds. The minimum atomic E-state index is -0.541. The third-order valence-corrected chi connectivity index (χ3v) is 5.17. The highest BCUT2D eigenvalue weighted by molar-refractivity contribution is 5.90. The van der Waals surface area contributed by atoms with Crippen molar-refractivity contribution in [1.29, 1.82) is 0 Å². The number of carbonyl (C=O) groups is 1. The number of hydrogen-bond donors (Lipinski definition) is 1. The summed E-state index contributed by atoms with van der Waals surface area (Å²) in [7, 11) is 0.